The number of amides is 2. The van der Waals surface area contributed by atoms with Crippen molar-refractivity contribution in [3.63, 3.8) is 0 Å². The summed E-state index contributed by atoms with van der Waals surface area (Å²) in [5.74, 6) is 0.427. The molecule has 0 aliphatic heterocycles. The van der Waals surface area contributed by atoms with E-state index < -0.39 is 0 Å². The summed E-state index contributed by atoms with van der Waals surface area (Å²) in [6.45, 7) is 5.49. The number of aryl methyl sites for hydroxylation is 1. The molecule has 5 heteroatoms. The molecule has 2 rings (SSSR count). The molecule has 0 saturated carbocycles. The van der Waals surface area contributed by atoms with Crippen LogP contribution in [0, 0.1) is 0 Å². The van der Waals surface area contributed by atoms with E-state index in [9.17, 15) is 9.59 Å². The Morgan fingerprint density at radius 3 is 2.71 bits per heavy atom. The number of urea groups is 1. The molecule has 1 aromatic heterocycles. The highest BCUT2D eigenvalue weighted by molar-refractivity contribution is 5.89. The highest BCUT2D eigenvalue weighted by Gasteiger charge is 2.04. The van der Waals surface area contributed by atoms with Crippen LogP contribution in [0.3, 0.4) is 0 Å². The third kappa shape index (κ3) is 5.57. The molecule has 0 saturated heterocycles. The molecule has 0 bridgehead atoms. The molecule has 0 atom stereocenters. The average Bonchev–Trinajstić information content (AvgIpc) is 2.56. The summed E-state index contributed by atoms with van der Waals surface area (Å²) in [7, 11) is 0. The number of pyridine rings is 1. The minimum atomic E-state index is -0.201. The van der Waals surface area contributed by atoms with Crippen LogP contribution in [0.1, 0.15) is 38.2 Å². The first-order chi connectivity index (χ1) is 11.6. The van der Waals surface area contributed by atoms with Crippen molar-refractivity contribution in [1.29, 1.82) is 0 Å². The largest absolute Gasteiger partial charge is 0.338 e. The molecule has 2 aromatic rings. The average molecular weight is 327 g/mol. The lowest BCUT2D eigenvalue weighted by atomic mass is 10.0. The Bertz CT molecular complexity index is 722. The van der Waals surface area contributed by atoms with E-state index >= 15 is 0 Å². The summed E-state index contributed by atoms with van der Waals surface area (Å²) in [6.07, 6.45) is 3.44. The number of anilines is 1. The predicted molar refractivity (Wildman–Crippen MR) is 97.5 cm³/mol. The minimum Gasteiger partial charge on any atom is -0.338 e. The van der Waals surface area contributed by atoms with Crippen LogP contribution < -0.4 is 16.2 Å². The van der Waals surface area contributed by atoms with Gasteiger partial charge in [0.25, 0.3) is 0 Å². The Morgan fingerprint density at radius 1 is 1.12 bits per heavy atom. The van der Waals surface area contributed by atoms with Gasteiger partial charge in [-0.3, -0.25) is 4.79 Å². The number of nitrogens with one attached hydrogen (secondary N) is 2. The van der Waals surface area contributed by atoms with E-state index in [1.165, 1.54) is 5.56 Å². The smallest absolute Gasteiger partial charge is 0.319 e. The quantitative estimate of drug-likeness (QED) is 0.764. The summed E-state index contributed by atoms with van der Waals surface area (Å²) in [4.78, 5) is 23.5. The molecule has 2 amide bonds. The second kappa shape index (κ2) is 8.91. The van der Waals surface area contributed by atoms with Gasteiger partial charge in [0.15, 0.2) is 0 Å². The molecule has 24 heavy (non-hydrogen) atoms. The number of aromatic nitrogens is 1. The molecule has 0 aliphatic carbocycles. The Hall–Kier alpha value is -2.56. The molecule has 128 valence electrons. The number of carbonyl (C=O) groups is 1. The molecular weight excluding hydrogens is 302 g/mol. The number of rotatable bonds is 7. The van der Waals surface area contributed by atoms with Gasteiger partial charge in [-0.2, -0.15) is 0 Å². The van der Waals surface area contributed by atoms with E-state index in [1.807, 2.05) is 24.3 Å². The van der Waals surface area contributed by atoms with E-state index in [0.717, 1.165) is 18.5 Å². The van der Waals surface area contributed by atoms with Crippen LogP contribution in [0.4, 0.5) is 10.5 Å². The fourth-order valence-corrected chi connectivity index (χ4v) is 2.41. The second-order valence-electron chi connectivity index (χ2n) is 6.10. The molecule has 1 aromatic carbocycles. The van der Waals surface area contributed by atoms with Crippen LogP contribution in [-0.2, 0) is 6.54 Å². The molecular formula is C19H25N3O2. The van der Waals surface area contributed by atoms with Crippen molar-refractivity contribution in [3.8, 4) is 0 Å². The predicted octanol–water partition coefficient (Wildman–Crippen LogP) is 3.57. The fourth-order valence-electron chi connectivity index (χ4n) is 2.41. The standard InChI is InChI=1S/C19H25N3O2/c1-15(2)16-8-7-9-17(14-16)21-19(24)20-11-4-6-13-22-12-5-3-10-18(22)23/h3,5,7-10,12,14-15H,4,6,11,13H2,1-2H3,(H2,20,21,24). The van der Waals surface area contributed by atoms with Crippen LogP contribution in [0.15, 0.2) is 53.5 Å². The zero-order valence-electron chi connectivity index (χ0n) is 14.3. The van der Waals surface area contributed by atoms with Gasteiger partial charge in [-0.1, -0.05) is 32.0 Å². The Labute approximate surface area is 142 Å². The van der Waals surface area contributed by atoms with E-state index in [1.54, 1.807) is 22.9 Å². The Morgan fingerprint density at radius 2 is 1.96 bits per heavy atom. The first-order valence-corrected chi connectivity index (χ1v) is 8.36. The van der Waals surface area contributed by atoms with Gasteiger partial charge < -0.3 is 15.2 Å². The summed E-state index contributed by atoms with van der Waals surface area (Å²) in [5.41, 5.74) is 2.00. The van der Waals surface area contributed by atoms with Gasteiger partial charge in [-0.05, 0) is 42.5 Å². The summed E-state index contributed by atoms with van der Waals surface area (Å²) >= 11 is 0. The van der Waals surface area contributed by atoms with Gasteiger partial charge in [0, 0.05) is 31.0 Å². The fraction of sp³-hybridized carbons (Fsp3) is 0.368. The first kappa shape index (κ1) is 17.8. The molecule has 0 unspecified atom stereocenters. The highest BCUT2D eigenvalue weighted by atomic mass is 16.2. The maximum absolute atomic E-state index is 11.9. The lowest BCUT2D eigenvalue weighted by Crippen LogP contribution is -2.29. The number of hydrogen-bond acceptors (Lipinski definition) is 2. The van der Waals surface area contributed by atoms with Crippen LogP contribution in [0.5, 0.6) is 0 Å². The van der Waals surface area contributed by atoms with Gasteiger partial charge in [-0.25, -0.2) is 4.79 Å². The Balaban J connectivity index is 1.69. The molecule has 0 aliphatic rings. The Kier molecular flexibility index (Phi) is 6.61. The van der Waals surface area contributed by atoms with Crippen molar-refractivity contribution in [2.75, 3.05) is 11.9 Å². The number of unbranched alkanes of at least 4 members (excludes halogenated alkanes) is 1. The zero-order chi connectivity index (χ0) is 17.4. The molecule has 5 nitrogen and oxygen atoms in total. The van der Waals surface area contributed by atoms with Crippen molar-refractivity contribution in [3.05, 3.63) is 64.6 Å². The molecule has 0 spiro atoms. The normalized spacial score (nSPS) is 10.6. The summed E-state index contributed by atoms with van der Waals surface area (Å²) < 4.78 is 1.68. The number of hydrogen-bond donors (Lipinski definition) is 2. The van der Waals surface area contributed by atoms with Crippen molar-refractivity contribution in [1.82, 2.24) is 9.88 Å². The van der Waals surface area contributed by atoms with E-state index in [0.29, 0.717) is 19.0 Å². The van der Waals surface area contributed by atoms with E-state index in [-0.39, 0.29) is 11.6 Å². The third-order valence-electron chi connectivity index (χ3n) is 3.82. The number of carbonyl (C=O) groups excluding carboxylic acids is 1. The van der Waals surface area contributed by atoms with Gasteiger partial charge in [0.05, 0.1) is 0 Å². The van der Waals surface area contributed by atoms with Gasteiger partial charge in [0.1, 0.15) is 0 Å². The zero-order valence-corrected chi connectivity index (χ0v) is 14.3. The second-order valence-corrected chi connectivity index (χ2v) is 6.10. The minimum absolute atomic E-state index is 0.00763. The summed E-state index contributed by atoms with van der Waals surface area (Å²) in [5, 5.41) is 5.69. The van der Waals surface area contributed by atoms with E-state index in [2.05, 4.69) is 30.5 Å². The molecule has 1 heterocycles. The van der Waals surface area contributed by atoms with Crippen molar-refractivity contribution in [2.24, 2.45) is 0 Å². The van der Waals surface area contributed by atoms with Crippen LogP contribution >= 0.6 is 0 Å². The maximum Gasteiger partial charge on any atom is 0.319 e. The van der Waals surface area contributed by atoms with Crippen LogP contribution in [-0.4, -0.2) is 17.1 Å². The third-order valence-corrected chi connectivity index (χ3v) is 3.82. The van der Waals surface area contributed by atoms with E-state index in [4.69, 9.17) is 0 Å². The van der Waals surface area contributed by atoms with Gasteiger partial charge in [-0.15, -0.1) is 0 Å². The molecule has 2 N–H and O–H groups in total. The lowest BCUT2D eigenvalue weighted by molar-refractivity contribution is 0.252. The number of benzene rings is 1. The lowest BCUT2D eigenvalue weighted by Gasteiger charge is -2.11. The first-order valence-electron chi connectivity index (χ1n) is 8.36. The SMILES string of the molecule is CC(C)c1cccc(NC(=O)NCCCCn2ccccc2=O)c1. The molecule has 0 radical (unpaired) electrons. The van der Waals surface area contributed by atoms with Crippen LogP contribution in [0.25, 0.3) is 0 Å². The van der Waals surface area contributed by atoms with Gasteiger partial charge in [0.2, 0.25) is 5.56 Å². The highest BCUT2D eigenvalue weighted by Crippen LogP contribution is 2.18. The topological polar surface area (TPSA) is 63.1 Å². The summed E-state index contributed by atoms with van der Waals surface area (Å²) in [6, 6.07) is 12.8. The molecule has 0 fully saturated rings. The van der Waals surface area contributed by atoms with Gasteiger partial charge >= 0.3 is 6.03 Å². The van der Waals surface area contributed by atoms with Crippen molar-refractivity contribution >= 4 is 11.7 Å². The van der Waals surface area contributed by atoms with Crippen molar-refractivity contribution in [2.45, 2.75) is 39.2 Å². The van der Waals surface area contributed by atoms with Crippen LogP contribution in [0.2, 0.25) is 0 Å². The number of nitrogens with zero attached hydrogens (tertiary/aromatic N) is 1. The maximum atomic E-state index is 11.9. The van der Waals surface area contributed by atoms with Crippen molar-refractivity contribution < 1.29 is 4.79 Å². The monoisotopic (exact) mass is 327 g/mol.